The molecule has 0 aliphatic heterocycles. The van der Waals surface area contributed by atoms with Crippen LogP contribution in [-0.4, -0.2) is 9.13 Å². The molecule has 1 aromatic rings. The Bertz CT molecular complexity index is 588. The Morgan fingerprint density at radius 2 is 1.38 bits per heavy atom. The minimum Gasteiger partial charge on any atom is -0.300 e. The molecule has 0 N–H and O–H groups in total. The quantitative estimate of drug-likeness (QED) is 0.647. The summed E-state index contributed by atoms with van der Waals surface area (Å²) in [6.45, 7) is 8.27. The fourth-order valence-corrected chi connectivity index (χ4v) is 2.69. The average Bonchev–Trinajstić information content (AvgIpc) is 2.19. The van der Waals surface area contributed by atoms with Crippen LogP contribution in [0, 0.1) is 0 Å². The van der Waals surface area contributed by atoms with Gasteiger partial charge in [0.05, 0.1) is 0 Å². The molecule has 0 atom stereocenters. The normalized spacial score (nSPS) is 20.1. The highest BCUT2D eigenvalue weighted by molar-refractivity contribution is 5.48. The summed E-state index contributed by atoms with van der Waals surface area (Å²) in [4.78, 5) is 23.9. The summed E-state index contributed by atoms with van der Waals surface area (Å²) >= 11 is 0. The van der Waals surface area contributed by atoms with Gasteiger partial charge < -0.3 is 0 Å². The number of rotatable bonds is 0. The molecule has 4 heteroatoms. The monoisotopic (exact) mass is 222 g/mol. The standard InChI is InChI=1S/C12H18N2O2/c1-11(2)7-8(12(11,3)4)13(5)10(16)14(6)9(7)15/h1-6H3. The van der Waals surface area contributed by atoms with Gasteiger partial charge in [-0.05, 0) is 0 Å². The second kappa shape index (κ2) is 2.67. The Morgan fingerprint density at radius 3 is 1.88 bits per heavy atom. The highest BCUT2D eigenvalue weighted by atomic mass is 16.2. The third kappa shape index (κ3) is 0.907. The average molecular weight is 222 g/mol. The topological polar surface area (TPSA) is 44.0 Å². The first-order valence-corrected chi connectivity index (χ1v) is 5.45. The number of nitrogens with zero attached hydrogens (tertiary/aromatic N) is 2. The molecule has 16 heavy (non-hydrogen) atoms. The lowest BCUT2D eigenvalue weighted by Crippen LogP contribution is -2.61. The van der Waals surface area contributed by atoms with E-state index in [1.807, 2.05) is 0 Å². The van der Waals surface area contributed by atoms with Crippen LogP contribution in [0.15, 0.2) is 9.59 Å². The first kappa shape index (κ1) is 11.2. The summed E-state index contributed by atoms with van der Waals surface area (Å²) in [6.07, 6.45) is 0. The minimum atomic E-state index is -0.243. The van der Waals surface area contributed by atoms with Gasteiger partial charge in [-0.2, -0.15) is 0 Å². The molecule has 88 valence electrons. The molecule has 4 nitrogen and oxygen atoms in total. The van der Waals surface area contributed by atoms with Gasteiger partial charge in [0.2, 0.25) is 0 Å². The van der Waals surface area contributed by atoms with Crippen LogP contribution in [0.2, 0.25) is 0 Å². The molecule has 2 rings (SSSR count). The van der Waals surface area contributed by atoms with Crippen LogP contribution < -0.4 is 11.2 Å². The molecular formula is C12H18N2O2. The zero-order valence-electron chi connectivity index (χ0n) is 10.7. The summed E-state index contributed by atoms with van der Waals surface area (Å²) in [7, 11) is 3.27. The smallest absolute Gasteiger partial charge is 0.300 e. The Morgan fingerprint density at radius 1 is 0.875 bits per heavy atom. The summed E-state index contributed by atoms with van der Waals surface area (Å²) in [5, 5.41) is 0. The number of aromatic nitrogens is 2. The van der Waals surface area contributed by atoms with Gasteiger partial charge in [-0.1, -0.05) is 27.7 Å². The molecule has 1 aliphatic rings. The summed E-state index contributed by atoms with van der Waals surface area (Å²) in [5.41, 5.74) is 0.953. The van der Waals surface area contributed by atoms with E-state index < -0.39 is 0 Å². The van der Waals surface area contributed by atoms with Crippen molar-refractivity contribution >= 4 is 0 Å². The third-order valence-electron chi connectivity index (χ3n) is 4.44. The lowest BCUT2D eigenvalue weighted by Gasteiger charge is -2.53. The predicted octanol–water partition coefficient (Wildman–Crippen LogP) is 0.653. The van der Waals surface area contributed by atoms with E-state index >= 15 is 0 Å². The van der Waals surface area contributed by atoms with E-state index in [0.29, 0.717) is 0 Å². The van der Waals surface area contributed by atoms with Crippen molar-refractivity contribution in [3.63, 3.8) is 0 Å². The van der Waals surface area contributed by atoms with Crippen molar-refractivity contribution < 1.29 is 0 Å². The van der Waals surface area contributed by atoms with Crippen LogP contribution in [0.3, 0.4) is 0 Å². The van der Waals surface area contributed by atoms with E-state index in [4.69, 9.17) is 0 Å². The Labute approximate surface area is 94.5 Å². The zero-order valence-corrected chi connectivity index (χ0v) is 10.7. The molecule has 1 aromatic heterocycles. The first-order valence-electron chi connectivity index (χ1n) is 5.45. The number of hydrogen-bond donors (Lipinski definition) is 0. The number of fused-ring (bicyclic) bond motifs is 1. The fourth-order valence-electron chi connectivity index (χ4n) is 2.69. The van der Waals surface area contributed by atoms with Crippen molar-refractivity contribution in [3.05, 3.63) is 32.1 Å². The molecule has 0 unspecified atom stereocenters. The van der Waals surface area contributed by atoms with Crippen molar-refractivity contribution in [2.24, 2.45) is 14.1 Å². The molecule has 0 bridgehead atoms. The molecule has 0 fully saturated rings. The maximum Gasteiger partial charge on any atom is 0.330 e. The highest BCUT2D eigenvalue weighted by Crippen LogP contribution is 2.53. The third-order valence-corrected chi connectivity index (χ3v) is 4.44. The summed E-state index contributed by atoms with van der Waals surface area (Å²) in [5.74, 6) is 0. The molecular weight excluding hydrogens is 204 g/mol. The lowest BCUT2D eigenvalue weighted by molar-refractivity contribution is 0.211. The SMILES string of the molecule is Cn1c2c(c(=O)n(C)c1=O)C(C)(C)C2(C)C. The molecule has 0 radical (unpaired) electrons. The maximum atomic E-state index is 12.1. The Balaban J connectivity index is 3.00. The van der Waals surface area contributed by atoms with Crippen LogP contribution >= 0.6 is 0 Å². The van der Waals surface area contributed by atoms with Crippen molar-refractivity contribution in [1.82, 2.24) is 9.13 Å². The van der Waals surface area contributed by atoms with Gasteiger partial charge in [0, 0.05) is 36.2 Å². The van der Waals surface area contributed by atoms with E-state index in [0.717, 1.165) is 11.3 Å². The van der Waals surface area contributed by atoms with Gasteiger partial charge in [0.1, 0.15) is 0 Å². The fraction of sp³-hybridized carbons (Fsp3) is 0.667. The van der Waals surface area contributed by atoms with E-state index in [1.165, 1.54) is 11.6 Å². The molecule has 0 saturated carbocycles. The van der Waals surface area contributed by atoms with Crippen LogP contribution in [0.4, 0.5) is 0 Å². The highest BCUT2D eigenvalue weighted by Gasteiger charge is 2.55. The second-order valence-corrected chi connectivity index (χ2v) is 5.68. The van der Waals surface area contributed by atoms with Crippen molar-refractivity contribution in [2.45, 2.75) is 38.5 Å². The molecule has 1 heterocycles. The maximum absolute atomic E-state index is 12.1. The zero-order chi connectivity index (χ0) is 12.5. The van der Waals surface area contributed by atoms with E-state index in [2.05, 4.69) is 27.7 Å². The largest absolute Gasteiger partial charge is 0.330 e. The van der Waals surface area contributed by atoms with E-state index in [-0.39, 0.29) is 22.1 Å². The van der Waals surface area contributed by atoms with Gasteiger partial charge >= 0.3 is 5.69 Å². The molecule has 1 aliphatic carbocycles. The molecule has 0 amide bonds. The van der Waals surface area contributed by atoms with E-state index in [9.17, 15) is 9.59 Å². The minimum absolute atomic E-state index is 0.135. The molecule has 0 aromatic carbocycles. The van der Waals surface area contributed by atoms with Gasteiger partial charge in [0.25, 0.3) is 5.56 Å². The van der Waals surface area contributed by atoms with Crippen LogP contribution in [-0.2, 0) is 24.9 Å². The Kier molecular flexibility index (Phi) is 1.87. The first-order chi connectivity index (χ1) is 7.14. The van der Waals surface area contributed by atoms with Crippen LogP contribution in [0.1, 0.15) is 39.0 Å². The van der Waals surface area contributed by atoms with Crippen molar-refractivity contribution in [1.29, 1.82) is 0 Å². The summed E-state index contributed by atoms with van der Waals surface area (Å²) in [6, 6.07) is 0. The van der Waals surface area contributed by atoms with E-state index in [1.54, 1.807) is 11.6 Å². The van der Waals surface area contributed by atoms with Crippen LogP contribution in [0.25, 0.3) is 0 Å². The molecule has 0 spiro atoms. The summed E-state index contributed by atoms with van der Waals surface area (Å²) < 4.78 is 2.79. The second-order valence-electron chi connectivity index (χ2n) is 5.68. The van der Waals surface area contributed by atoms with Crippen molar-refractivity contribution in [2.75, 3.05) is 0 Å². The van der Waals surface area contributed by atoms with Crippen molar-refractivity contribution in [3.8, 4) is 0 Å². The lowest BCUT2D eigenvalue weighted by atomic mass is 9.52. The Hall–Kier alpha value is -1.32. The predicted molar refractivity (Wildman–Crippen MR) is 63.0 cm³/mol. The van der Waals surface area contributed by atoms with Gasteiger partial charge in [-0.25, -0.2) is 4.79 Å². The molecule has 0 saturated heterocycles. The van der Waals surface area contributed by atoms with Gasteiger partial charge in [0.15, 0.2) is 0 Å². The van der Waals surface area contributed by atoms with Crippen LogP contribution in [0.5, 0.6) is 0 Å². The van der Waals surface area contributed by atoms with Gasteiger partial charge in [-0.15, -0.1) is 0 Å². The number of hydrogen-bond acceptors (Lipinski definition) is 2. The van der Waals surface area contributed by atoms with Gasteiger partial charge in [-0.3, -0.25) is 13.9 Å².